The number of aromatic nitrogens is 1. The molecule has 1 heterocycles. The summed E-state index contributed by atoms with van der Waals surface area (Å²) in [6.07, 6.45) is 2.68. The van der Waals surface area contributed by atoms with Crippen LogP contribution in [0.15, 0.2) is 42.7 Å². The van der Waals surface area contributed by atoms with E-state index in [0.717, 1.165) is 15.3 Å². The van der Waals surface area contributed by atoms with Gasteiger partial charge in [0.2, 0.25) is 0 Å². The summed E-state index contributed by atoms with van der Waals surface area (Å²) in [7, 11) is 0. The third-order valence-corrected chi connectivity index (χ3v) is 3.07. The highest BCUT2D eigenvalue weighted by molar-refractivity contribution is 14.1. The zero-order chi connectivity index (χ0) is 12.3. The Bertz CT molecular complexity index is 539. The van der Waals surface area contributed by atoms with Crippen LogP contribution in [0.2, 0.25) is 0 Å². The molecule has 0 aliphatic carbocycles. The van der Waals surface area contributed by atoms with Crippen molar-refractivity contribution in [2.45, 2.75) is 6.42 Å². The molecule has 0 unspecified atom stereocenters. The van der Waals surface area contributed by atoms with Gasteiger partial charge in [-0.2, -0.15) is 0 Å². The number of Topliss-reactive ketones (excluding diaryl/α,β-unsaturated/α-hetero) is 1. The van der Waals surface area contributed by atoms with Crippen LogP contribution in [0, 0.1) is 9.39 Å². The van der Waals surface area contributed by atoms with E-state index in [9.17, 15) is 9.18 Å². The van der Waals surface area contributed by atoms with Crippen molar-refractivity contribution in [1.82, 2.24) is 4.98 Å². The molecule has 17 heavy (non-hydrogen) atoms. The Morgan fingerprint density at radius 2 is 1.94 bits per heavy atom. The van der Waals surface area contributed by atoms with Crippen molar-refractivity contribution in [3.8, 4) is 0 Å². The first-order valence-electron chi connectivity index (χ1n) is 5.04. The van der Waals surface area contributed by atoms with E-state index in [1.165, 1.54) is 12.3 Å². The first kappa shape index (κ1) is 12.2. The number of pyridine rings is 1. The molecule has 0 saturated carbocycles. The number of carbonyl (C=O) groups excluding carboxylic acids is 1. The smallest absolute Gasteiger partial charge is 0.170 e. The van der Waals surface area contributed by atoms with Gasteiger partial charge in [-0.3, -0.25) is 9.78 Å². The van der Waals surface area contributed by atoms with Crippen molar-refractivity contribution in [2.24, 2.45) is 0 Å². The SMILES string of the molecule is O=C(Cc1ccc(I)cc1)c1ccncc1F. The fraction of sp³-hybridized carbons (Fsp3) is 0.0769. The van der Waals surface area contributed by atoms with Crippen LogP contribution in [-0.2, 0) is 6.42 Å². The largest absolute Gasteiger partial charge is 0.294 e. The second kappa shape index (κ2) is 5.35. The van der Waals surface area contributed by atoms with E-state index < -0.39 is 5.82 Å². The van der Waals surface area contributed by atoms with Crippen LogP contribution >= 0.6 is 22.6 Å². The lowest BCUT2D eigenvalue weighted by Crippen LogP contribution is -2.06. The molecule has 0 spiro atoms. The summed E-state index contributed by atoms with van der Waals surface area (Å²) in [6.45, 7) is 0. The van der Waals surface area contributed by atoms with E-state index in [2.05, 4.69) is 27.6 Å². The fourth-order valence-corrected chi connectivity index (χ4v) is 1.84. The Hall–Kier alpha value is -1.30. The molecule has 0 N–H and O–H groups in total. The summed E-state index contributed by atoms with van der Waals surface area (Å²) in [4.78, 5) is 15.5. The van der Waals surface area contributed by atoms with Gasteiger partial charge >= 0.3 is 0 Å². The lowest BCUT2D eigenvalue weighted by Gasteiger charge is -2.02. The lowest BCUT2D eigenvalue weighted by molar-refractivity contribution is 0.0989. The summed E-state index contributed by atoms with van der Waals surface area (Å²) < 4.78 is 14.4. The Balaban J connectivity index is 2.17. The minimum absolute atomic E-state index is 0.0959. The summed E-state index contributed by atoms with van der Waals surface area (Å²) in [5, 5.41) is 0. The van der Waals surface area contributed by atoms with E-state index in [1.807, 2.05) is 24.3 Å². The van der Waals surface area contributed by atoms with Gasteiger partial charge < -0.3 is 0 Å². The van der Waals surface area contributed by atoms with Crippen LogP contribution in [0.4, 0.5) is 4.39 Å². The topological polar surface area (TPSA) is 30.0 Å². The number of hydrogen-bond donors (Lipinski definition) is 0. The number of hydrogen-bond acceptors (Lipinski definition) is 2. The molecule has 2 aromatic rings. The monoisotopic (exact) mass is 341 g/mol. The molecular weight excluding hydrogens is 332 g/mol. The molecule has 86 valence electrons. The standard InChI is InChI=1S/C13H9FINO/c14-12-8-16-6-5-11(12)13(17)7-9-1-3-10(15)4-2-9/h1-6,8H,7H2. The van der Waals surface area contributed by atoms with Gasteiger partial charge in [-0.05, 0) is 46.4 Å². The third kappa shape index (κ3) is 3.09. The molecule has 0 aliphatic rings. The van der Waals surface area contributed by atoms with Crippen LogP contribution < -0.4 is 0 Å². The van der Waals surface area contributed by atoms with Gasteiger partial charge in [0.05, 0.1) is 11.8 Å². The minimum Gasteiger partial charge on any atom is -0.294 e. The quantitative estimate of drug-likeness (QED) is 0.634. The summed E-state index contributed by atoms with van der Waals surface area (Å²) in [5.74, 6) is -0.797. The Kier molecular flexibility index (Phi) is 3.83. The zero-order valence-corrected chi connectivity index (χ0v) is 11.0. The Morgan fingerprint density at radius 1 is 1.24 bits per heavy atom. The summed E-state index contributed by atoms with van der Waals surface area (Å²) >= 11 is 2.19. The second-order valence-electron chi connectivity index (χ2n) is 3.58. The van der Waals surface area contributed by atoms with Crippen molar-refractivity contribution in [1.29, 1.82) is 0 Å². The second-order valence-corrected chi connectivity index (χ2v) is 4.83. The molecule has 4 heteroatoms. The van der Waals surface area contributed by atoms with Crippen LogP contribution in [0.1, 0.15) is 15.9 Å². The highest BCUT2D eigenvalue weighted by Gasteiger charge is 2.11. The maximum Gasteiger partial charge on any atom is 0.170 e. The summed E-state index contributed by atoms with van der Waals surface area (Å²) in [6, 6.07) is 9.00. The third-order valence-electron chi connectivity index (χ3n) is 2.35. The van der Waals surface area contributed by atoms with Gasteiger partial charge in [0, 0.05) is 16.2 Å². The number of rotatable bonds is 3. The van der Waals surface area contributed by atoms with E-state index >= 15 is 0 Å². The zero-order valence-electron chi connectivity index (χ0n) is 8.86. The first-order chi connectivity index (χ1) is 8.16. The van der Waals surface area contributed by atoms with Crippen LogP contribution in [0.5, 0.6) is 0 Å². The van der Waals surface area contributed by atoms with Crippen LogP contribution in [0.25, 0.3) is 0 Å². The highest BCUT2D eigenvalue weighted by Crippen LogP contribution is 2.12. The Labute approximate surface area is 112 Å². The molecule has 0 amide bonds. The van der Waals surface area contributed by atoms with Crippen molar-refractivity contribution >= 4 is 28.4 Å². The Morgan fingerprint density at radius 3 is 2.59 bits per heavy atom. The van der Waals surface area contributed by atoms with Gasteiger partial charge in [-0.25, -0.2) is 4.39 Å². The maximum absolute atomic E-state index is 13.3. The van der Waals surface area contributed by atoms with Gasteiger partial charge in [0.25, 0.3) is 0 Å². The van der Waals surface area contributed by atoms with Crippen molar-refractivity contribution < 1.29 is 9.18 Å². The van der Waals surface area contributed by atoms with Crippen molar-refractivity contribution in [3.63, 3.8) is 0 Å². The predicted octanol–water partition coefficient (Wildman–Crippen LogP) is 3.25. The molecule has 2 nitrogen and oxygen atoms in total. The predicted molar refractivity (Wildman–Crippen MR) is 71.4 cm³/mol. The lowest BCUT2D eigenvalue weighted by atomic mass is 10.0. The molecule has 0 saturated heterocycles. The van der Waals surface area contributed by atoms with Crippen molar-refractivity contribution in [2.75, 3.05) is 0 Å². The molecular formula is C13H9FINO. The van der Waals surface area contributed by atoms with E-state index in [1.54, 1.807) is 0 Å². The van der Waals surface area contributed by atoms with Gasteiger partial charge in [-0.1, -0.05) is 12.1 Å². The van der Waals surface area contributed by atoms with Gasteiger partial charge in [-0.15, -0.1) is 0 Å². The van der Waals surface area contributed by atoms with Crippen molar-refractivity contribution in [3.05, 3.63) is 63.2 Å². The average molecular weight is 341 g/mol. The van der Waals surface area contributed by atoms with E-state index in [4.69, 9.17) is 0 Å². The molecule has 0 radical (unpaired) electrons. The summed E-state index contributed by atoms with van der Waals surface area (Å²) in [5.41, 5.74) is 0.977. The minimum atomic E-state index is -0.567. The average Bonchev–Trinajstić information content (AvgIpc) is 2.32. The molecule has 0 aliphatic heterocycles. The van der Waals surface area contributed by atoms with Gasteiger partial charge in [0.1, 0.15) is 0 Å². The number of halogens is 2. The van der Waals surface area contributed by atoms with E-state index in [-0.39, 0.29) is 17.8 Å². The molecule has 0 bridgehead atoms. The normalized spacial score (nSPS) is 10.2. The fourth-order valence-electron chi connectivity index (χ4n) is 1.48. The molecule has 1 aromatic heterocycles. The number of benzene rings is 1. The maximum atomic E-state index is 13.3. The highest BCUT2D eigenvalue weighted by atomic mass is 127. The number of ketones is 1. The molecule has 0 fully saturated rings. The van der Waals surface area contributed by atoms with Crippen LogP contribution in [0.3, 0.4) is 0 Å². The molecule has 1 aromatic carbocycles. The number of nitrogens with zero attached hydrogens (tertiary/aromatic N) is 1. The van der Waals surface area contributed by atoms with Gasteiger partial charge in [0.15, 0.2) is 11.6 Å². The first-order valence-corrected chi connectivity index (χ1v) is 6.12. The number of carbonyl (C=O) groups is 1. The van der Waals surface area contributed by atoms with E-state index in [0.29, 0.717) is 0 Å². The van der Waals surface area contributed by atoms with Crippen LogP contribution in [-0.4, -0.2) is 10.8 Å². The molecule has 0 atom stereocenters. The molecule has 2 rings (SSSR count).